The van der Waals surface area contributed by atoms with Crippen LogP contribution in [0.4, 0.5) is 0 Å². The average Bonchev–Trinajstić information content (AvgIpc) is 2.16. The van der Waals surface area contributed by atoms with Gasteiger partial charge in [-0.3, -0.25) is 0 Å². The fraction of sp³-hybridized carbons (Fsp3) is 0.600. The van der Waals surface area contributed by atoms with Crippen LogP contribution in [0.1, 0.15) is 30.3 Å². The SMILES string of the molecule is Cc1cnc(C(O)CCCS(C)(=O)=O)nc1. The number of aliphatic hydroxyl groups excluding tert-OH is 1. The van der Waals surface area contributed by atoms with E-state index in [0.29, 0.717) is 18.7 Å². The molecule has 6 heteroatoms. The molecule has 0 saturated carbocycles. The number of sulfone groups is 1. The fourth-order valence-electron chi connectivity index (χ4n) is 1.24. The Labute approximate surface area is 95.5 Å². The Morgan fingerprint density at radius 1 is 1.38 bits per heavy atom. The Hall–Kier alpha value is -1.01. The van der Waals surface area contributed by atoms with E-state index in [0.717, 1.165) is 5.56 Å². The van der Waals surface area contributed by atoms with Crippen molar-refractivity contribution >= 4 is 9.84 Å². The van der Waals surface area contributed by atoms with Crippen LogP contribution in [0.25, 0.3) is 0 Å². The third kappa shape index (κ3) is 4.67. The van der Waals surface area contributed by atoms with Crippen LogP contribution in [-0.2, 0) is 9.84 Å². The standard InChI is InChI=1S/C10H16N2O3S/c1-8-6-11-10(12-7-8)9(13)4-3-5-16(2,14)15/h6-7,9,13H,3-5H2,1-2H3. The van der Waals surface area contributed by atoms with E-state index < -0.39 is 15.9 Å². The van der Waals surface area contributed by atoms with Crippen molar-refractivity contribution in [3.63, 3.8) is 0 Å². The fourth-order valence-corrected chi connectivity index (χ4v) is 1.93. The molecule has 1 rings (SSSR count). The highest BCUT2D eigenvalue weighted by Crippen LogP contribution is 2.14. The predicted octanol–water partition coefficient (Wildman–Crippen LogP) is 0.643. The second-order valence-electron chi connectivity index (χ2n) is 3.91. The van der Waals surface area contributed by atoms with Gasteiger partial charge in [0, 0.05) is 24.4 Å². The van der Waals surface area contributed by atoms with E-state index >= 15 is 0 Å². The number of hydrogen-bond donors (Lipinski definition) is 1. The van der Waals surface area contributed by atoms with Crippen LogP contribution in [0.5, 0.6) is 0 Å². The second kappa shape index (κ2) is 5.36. The van der Waals surface area contributed by atoms with Crippen molar-refractivity contribution in [1.29, 1.82) is 0 Å². The Bertz CT molecular complexity index is 428. The van der Waals surface area contributed by atoms with Crippen LogP contribution in [-0.4, -0.2) is 35.5 Å². The first kappa shape index (κ1) is 13.1. The number of nitrogens with zero attached hydrogens (tertiary/aromatic N) is 2. The molecule has 0 amide bonds. The zero-order valence-corrected chi connectivity index (χ0v) is 10.2. The minimum atomic E-state index is -2.96. The first-order valence-corrected chi connectivity index (χ1v) is 7.09. The molecule has 1 heterocycles. The van der Waals surface area contributed by atoms with Crippen LogP contribution in [0.3, 0.4) is 0 Å². The molecule has 0 radical (unpaired) electrons. The summed E-state index contributed by atoms with van der Waals surface area (Å²) in [6.07, 6.45) is 4.42. The van der Waals surface area contributed by atoms with Crippen LogP contribution in [0.15, 0.2) is 12.4 Å². The molecule has 1 unspecified atom stereocenters. The van der Waals surface area contributed by atoms with Crippen LogP contribution in [0, 0.1) is 6.92 Å². The zero-order chi connectivity index (χ0) is 12.2. The summed E-state index contributed by atoms with van der Waals surface area (Å²) >= 11 is 0. The molecule has 0 bridgehead atoms. The highest BCUT2D eigenvalue weighted by Gasteiger charge is 2.11. The largest absolute Gasteiger partial charge is 0.385 e. The number of rotatable bonds is 5. The maximum atomic E-state index is 10.9. The molecule has 1 N–H and O–H groups in total. The lowest BCUT2D eigenvalue weighted by Crippen LogP contribution is -2.08. The molecule has 1 aromatic heterocycles. The van der Waals surface area contributed by atoms with E-state index in [4.69, 9.17) is 0 Å². The van der Waals surface area contributed by atoms with Gasteiger partial charge in [0.05, 0.1) is 0 Å². The summed E-state index contributed by atoms with van der Waals surface area (Å²) in [6, 6.07) is 0. The third-order valence-electron chi connectivity index (χ3n) is 2.09. The second-order valence-corrected chi connectivity index (χ2v) is 6.17. The molecule has 0 saturated heterocycles. The predicted molar refractivity (Wildman–Crippen MR) is 60.7 cm³/mol. The van der Waals surface area contributed by atoms with Crippen molar-refractivity contribution in [2.24, 2.45) is 0 Å². The highest BCUT2D eigenvalue weighted by molar-refractivity contribution is 7.90. The number of aromatic nitrogens is 2. The summed E-state index contributed by atoms with van der Waals surface area (Å²) in [5.74, 6) is 0.426. The monoisotopic (exact) mass is 244 g/mol. The summed E-state index contributed by atoms with van der Waals surface area (Å²) in [6.45, 7) is 1.86. The van der Waals surface area contributed by atoms with Gasteiger partial charge in [-0.05, 0) is 25.3 Å². The molecule has 0 aliphatic heterocycles. The van der Waals surface area contributed by atoms with Gasteiger partial charge >= 0.3 is 0 Å². The first-order chi connectivity index (χ1) is 7.38. The molecular formula is C10H16N2O3S. The minimum absolute atomic E-state index is 0.0793. The van der Waals surface area contributed by atoms with E-state index in [1.165, 1.54) is 6.26 Å². The Balaban J connectivity index is 2.47. The van der Waals surface area contributed by atoms with Crippen LogP contribution < -0.4 is 0 Å². The molecule has 16 heavy (non-hydrogen) atoms. The molecule has 0 fully saturated rings. The van der Waals surface area contributed by atoms with Gasteiger partial charge in [-0.2, -0.15) is 0 Å². The van der Waals surface area contributed by atoms with E-state index in [2.05, 4.69) is 9.97 Å². The lowest BCUT2D eigenvalue weighted by atomic mass is 10.2. The number of aryl methyl sites for hydroxylation is 1. The van der Waals surface area contributed by atoms with E-state index in [1.807, 2.05) is 6.92 Å². The molecule has 90 valence electrons. The number of hydrogen-bond acceptors (Lipinski definition) is 5. The van der Waals surface area contributed by atoms with Gasteiger partial charge in [0.15, 0.2) is 5.82 Å². The summed E-state index contributed by atoms with van der Waals surface area (Å²) in [5, 5.41) is 9.69. The van der Waals surface area contributed by atoms with Crippen molar-refractivity contribution in [3.05, 3.63) is 23.8 Å². The van der Waals surface area contributed by atoms with Crippen molar-refractivity contribution < 1.29 is 13.5 Å². The van der Waals surface area contributed by atoms with Gasteiger partial charge in [0.25, 0.3) is 0 Å². The topological polar surface area (TPSA) is 80.2 Å². The summed E-state index contributed by atoms with van der Waals surface area (Å²) in [7, 11) is -2.96. The summed E-state index contributed by atoms with van der Waals surface area (Å²) < 4.78 is 21.8. The Kier molecular flexibility index (Phi) is 4.37. The Morgan fingerprint density at radius 3 is 2.44 bits per heavy atom. The van der Waals surface area contributed by atoms with Crippen LogP contribution in [0.2, 0.25) is 0 Å². The molecule has 0 aliphatic carbocycles. The van der Waals surface area contributed by atoms with Gasteiger partial charge in [-0.15, -0.1) is 0 Å². The molecule has 1 atom stereocenters. The molecule has 1 aromatic rings. The van der Waals surface area contributed by atoms with E-state index in [-0.39, 0.29) is 5.75 Å². The van der Waals surface area contributed by atoms with E-state index in [1.54, 1.807) is 12.4 Å². The van der Waals surface area contributed by atoms with Crippen LogP contribution >= 0.6 is 0 Å². The normalized spacial score (nSPS) is 13.7. The first-order valence-electron chi connectivity index (χ1n) is 5.03. The molecular weight excluding hydrogens is 228 g/mol. The van der Waals surface area contributed by atoms with Crippen molar-refractivity contribution in [1.82, 2.24) is 9.97 Å². The lowest BCUT2D eigenvalue weighted by Gasteiger charge is -2.08. The Morgan fingerprint density at radius 2 is 1.94 bits per heavy atom. The smallest absolute Gasteiger partial charge is 0.156 e. The third-order valence-corrected chi connectivity index (χ3v) is 3.12. The molecule has 0 spiro atoms. The highest BCUT2D eigenvalue weighted by atomic mass is 32.2. The van der Waals surface area contributed by atoms with Gasteiger partial charge in [-0.1, -0.05) is 0 Å². The van der Waals surface area contributed by atoms with Crippen molar-refractivity contribution in [2.45, 2.75) is 25.9 Å². The van der Waals surface area contributed by atoms with Gasteiger partial charge < -0.3 is 5.11 Å². The quantitative estimate of drug-likeness (QED) is 0.822. The zero-order valence-electron chi connectivity index (χ0n) is 9.42. The molecule has 0 aliphatic rings. The average molecular weight is 244 g/mol. The maximum Gasteiger partial charge on any atom is 0.156 e. The number of aliphatic hydroxyl groups is 1. The summed E-state index contributed by atoms with van der Waals surface area (Å²) in [5.41, 5.74) is 0.923. The molecule has 5 nitrogen and oxygen atoms in total. The van der Waals surface area contributed by atoms with E-state index in [9.17, 15) is 13.5 Å². The van der Waals surface area contributed by atoms with Gasteiger partial charge in [-0.25, -0.2) is 18.4 Å². The van der Waals surface area contributed by atoms with Crippen molar-refractivity contribution in [3.8, 4) is 0 Å². The maximum absolute atomic E-state index is 10.9. The van der Waals surface area contributed by atoms with Gasteiger partial charge in [0.2, 0.25) is 0 Å². The lowest BCUT2D eigenvalue weighted by molar-refractivity contribution is 0.157. The van der Waals surface area contributed by atoms with Crippen molar-refractivity contribution in [2.75, 3.05) is 12.0 Å². The minimum Gasteiger partial charge on any atom is -0.385 e. The summed E-state index contributed by atoms with van der Waals surface area (Å²) in [4.78, 5) is 7.97. The van der Waals surface area contributed by atoms with Gasteiger partial charge in [0.1, 0.15) is 15.9 Å². The molecule has 0 aromatic carbocycles.